The van der Waals surface area contributed by atoms with E-state index >= 15 is 0 Å². The fraction of sp³-hybridized carbons (Fsp3) is 0.250. The minimum absolute atomic E-state index is 0.551. The fourth-order valence-electron chi connectivity index (χ4n) is 0.933. The van der Waals surface area contributed by atoms with Crippen molar-refractivity contribution < 1.29 is 27.8 Å². The first kappa shape index (κ1) is 11.3. The van der Waals surface area contributed by atoms with E-state index in [1.54, 1.807) is 0 Å². The molecule has 1 heterocycles. The van der Waals surface area contributed by atoms with E-state index in [9.17, 15) is 18.0 Å². The maximum absolute atomic E-state index is 12.6. The molecule has 0 aliphatic rings. The fourth-order valence-corrected chi connectivity index (χ4v) is 0.933. The number of methoxy groups -OCH3 is 1. The van der Waals surface area contributed by atoms with Gasteiger partial charge in [-0.2, -0.15) is 4.39 Å². The summed E-state index contributed by atoms with van der Waals surface area (Å²) in [6, 6.07) is 0.551. The van der Waals surface area contributed by atoms with E-state index in [0.29, 0.717) is 6.07 Å². The van der Waals surface area contributed by atoms with Crippen molar-refractivity contribution in [2.45, 2.75) is 6.43 Å². The van der Waals surface area contributed by atoms with Gasteiger partial charge in [0.2, 0.25) is 0 Å². The van der Waals surface area contributed by atoms with Gasteiger partial charge in [-0.25, -0.2) is 18.6 Å². The Morgan fingerprint density at radius 3 is 2.67 bits per heavy atom. The van der Waals surface area contributed by atoms with Crippen LogP contribution in [0.3, 0.4) is 0 Å². The second-order valence-electron chi connectivity index (χ2n) is 2.52. The van der Waals surface area contributed by atoms with Gasteiger partial charge >= 0.3 is 5.97 Å². The van der Waals surface area contributed by atoms with E-state index in [1.165, 1.54) is 0 Å². The molecule has 7 heteroatoms. The number of aromatic hydroxyl groups is 1. The first-order valence-corrected chi connectivity index (χ1v) is 3.73. The molecule has 0 aromatic carbocycles. The van der Waals surface area contributed by atoms with E-state index in [4.69, 9.17) is 5.11 Å². The van der Waals surface area contributed by atoms with E-state index < -0.39 is 35.3 Å². The first-order valence-electron chi connectivity index (χ1n) is 3.73. The molecule has 1 aromatic rings. The van der Waals surface area contributed by atoms with Gasteiger partial charge in [0.1, 0.15) is 5.69 Å². The minimum atomic E-state index is -3.13. The van der Waals surface area contributed by atoms with Crippen LogP contribution in [0.4, 0.5) is 13.2 Å². The summed E-state index contributed by atoms with van der Waals surface area (Å²) in [4.78, 5) is 13.7. The monoisotopic (exact) mass is 221 g/mol. The molecular weight excluding hydrogens is 215 g/mol. The van der Waals surface area contributed by atoms with Crippen LogP contribution >= 0.6 is 0 Å². The van der Waals surface area contributed by atoms with Crippen LogP contribution in [0.1, 0.15) is 22.5 Å². The highest BCUT2D eigenvalue weighted by Crippen LogP contribution is 2.26. The molecule has 1 N–H and O–H groups in total. The molecule has 0 spiro atoms. The van der Waals surface area contributed by atoms with Gasteiger partial charge in [-0.15, -0.1) is 0 Å². The quantitative estimate of drug-likeness (QED) is 0.609. The molecule has 0 saturated carbocycles. The van der Waals surface area contributed by atoms with Crippen LogP contribution in [0.25, 0.3) is 0 Å². The third kappa shape index (κ3) is 2.17. The van der Waals surface area contributed by atoms with E-state index in [-0.39, 0.29) is 0 Å². The maximum Gasteiger partial charge on any atom is 0.340 e. The first-order chi connectivity index (χ1) is 6.97. The summed E-state index contributed by atoms with van der Waals surface area (Å²) in [5.74, 6) is -3.56. The molecule has 0 aliphatic carbocycles. The average Bonchev–Trinajstić information content (AvgIpc) is 2.20. The van der Waals surface area contributed by atoms with Gasteiger partial charge in [-0.05, 0) is 0 Å². The lowest BCUT2D eigenvalue weighted by molar-refractivity contribution is 0.0586. The Morgan fingerprint density at radius 1 is 1.60 bits per heavy atom. The standard InChI is InChI=1S/C8H6F3NO3/c1-15-8(14)3-2-4(13)7(11)12-5(3)6(9)10/h2,6,13H,1H3. The van der Waals surface area contributed by atoms with Crippen molar-refractivity contribution in [1.29, 1.82) is 0 Å². The molecule has 0 bridgehead atoms. The third-order valence-electron chi connectivity index (χ3n) is 1.60. The molecule has 0 saturated heterocycles. The lowest BCUT2D eigenvalue weighted by Crippen LogP contribution is -2.09. The Morgan fingerprint density at radius 2 is 2.20 bits per heavy atom. The predicted octanol–water partition coefficient (Wildman–Crippen LogP) is 1.65. The third-order valence-corrected chi connectivity index (χ3v) is 1.60. The van der Waals surface area contributed by atoms with Crippen LogP contribution in [0.2, 0.25) is 0 Å². The molecule has 15 heavy (non-hydrogen) atoms. The molecule has 0 fully saturated rings. The Kier molecular flexibility index (Phi) is 3.13. The van der Waals surface area contributed by atoms with E-state index in [0.717, 1.165) is 7.11 Å². The van der Waals surface area contributed by atoms with Gasteiger partial charge in [0.15, 0.2) is 5.75 Å². The molecule has 82 valence electrons. The summed E-state index contributed by atoms with van der Waals surface area (Å²) in [5.41, 5.74) is -1.72. The number of rotatable bonds is 2. The highest BCUT2D eigenvalue weighted by atomic mass is 19.3. The molecule has 0 amide bonds. The van der Waals surface area contributed by atoms with Crippen LogP contribution in [0, 0.1) is 5.95 Å². The Bertz CT molecular complexity index is 395. The number of carbonyl (C=O) groups is 1. The van der Waals surface area contributed by atoms with Gasteiger partial charge in [0, 0.05) is 6.07 Å². The van der Waals surface area contributed by atoms with Crippen LogP contribution in [0.5, 0.6) is 5.75 Å². The number of pyridine rings is 1. The highest BCUT2D eigenvalue weighted by molar-refractivity contribution is 5.91. The highest BCUT2D eigenvalue weighted by Gasteiger charge is 2.23. The number of ether oxygens (including phenoxy) is 1. The second kappa shape index (κ2) is 4.16. The zero-order chi connectivity index (χ0) is 11.6. The summed E-state index contributed by atoms with van der Waals surface area (Å²) < 4.78 is 41.5. The van der Waals surface area contributed by atoms with Gasteiger partial charge in [0.25, 0.3) is 12.4 Å². The molecule has 0 unspecified atom stereocenters. The van der Waals surface area contributed by atoms with Crippen LogP contribution in [-0.2, 0) is 4.74 Å². The van der Waals surface area contributed by atoms with Gasteiger partial charge in [0.05, 0.1) is 12.7 Å². The van der Waals surface area contributed by atoms with E-state index in [2.05, 4.69) is 9.72 Å². The van der Waals surface area contributed by atoms with Gasteiger partial charge < -0.3 is 9.84 Å². The van der Waals surface area contributed by atoms with Gasteiger partial charge in [-0.3, -0.25) is 0 Å². The smallest absolute Gasteiger partial charge is 0.340 e. The van der Waals surface area contributed by atoms with Crippen molar-refractivity contribution in [2.75, 3.05) is 7.11 Å². The molecule has 0 atom stereocenters. The average molecular weight is 221 g/mol. The van der Waals surface area contributed by atoms with Crippen molar-refractivity contribution in [2.24, 2.45) is 0 Å². The number of esters is 1. The van der Waals surface area contributed by atoms with Crippen molar-refractivity contribution in [1.82, 2.24) is 4.98 Å². The number of alkyl halides is 2. The number of hydrogen-bond acceptors (Lipinski definition) is 4. The SMILES string of the molecule is COC(=O)c1cc(O)c(F)nc1C(F)F. The van der Waals surface area contributed by atoms with Crippen LogP contribution < -0.4 is 0 Å². The van der Waals surface area contributed by atoms with Crippen LogP contribution in [-0.4, -0.2) is 23.2 Å². The molecule has 1 aromatic heterocycles. The van der Waals surface area contributed by atoms with Crippen molar-refractivity contribution in [3.05, 3.63) is 23.3 Å². The minimum Gasteiger partial charge on any atom is -0.504 e. The van der Waals surface area contributed by atoms with Crippen molar-refractivity contribution >= 4 is 5.97 Å². The molecule has 0 aliphatic heterocycles. The lowest BCUT2D eigenvalue weighted by atomic mass is 10.2. The largest absolute Gasteiger partial charge is 0.504 e. The summed E-state index contributed by atoms with van der Waals surface area (Å²) in [6.45, 7) is 0. The zero-order valence-electron chi connectivity index (χ0n) is 7.50. The Labute approximate surface area is 82.3 Å². The van der Waals surface area contributed by atoms with Crippen molar-refractivity contribution in [3.63, 3.8) is 0 Å². The van der Waals surface area contributed by atoms with Gasteiger partial charge in [-0.1, -0.05) is 0 Å². The van der Waals surface area contributed by atoms with E-state index in [1.807, 2.05) is 0 Å². The normalized spacial score (nSPS) is 10.5. The Balaban J connectivity index is 3.34. The molecule has 4 nitrogen and oxygen atoms in total. The number of nitrogens with zero attached hydrogens (tertiary/aromatic N) is 1. The summed E-state index contributed by atoms with van der Waals surface area (Å²) in [7, 11) is 0.970. The topological polar surface area (TPSA) is 59.4 Å². The predicted molar refractivity (Wildman–Crippen MR) is 42.2 cm³/mol. The molecule has 1 rings (SSSR count). The number of carbonyl (C=O) groups excluding carboxylic acids is 1. The van der Waals surface area contributed by atoms with Crippen molar-refractivity contribution in [3.8, 4) is 5.75 Å². The molecule has 0 radical (unpaired) electrons. The lowest BCUT2D eigenvalue weighted by Gasteiger charge is -2.06. The second-order valence-corrected chi connectivity index (χ2v) is 2.52. The Hall–Kier alpha value is -1.79. The summed E-state index contributed by atoms with van der Waals surface area (Å²) in [6.07, 6.45) is -3.13. The number of aromatic nitrogens is 1. The number of hydrogen-bond donors (Lipinski definition) is 1. The number of halogens is 3. The van der Waals surface area contributed by atoms with Crippen LogP contribution in [0.15, 0.2) is 6.07 Å². The zero-order valence-corrected chi connectivity index (χ0v) is 7.50. The summed E-state index contributed by atoms with van der Waals surface area (Å²) >= 11 is 0. The summed E-state index contributed by atoms with van der Waals surface area (Å²) in [5, 5.41) is 8.86. The maximum atomic E-state index is 12.6. The molecular formula is C8H6F3NO3.